The van der Waals surface area contributed by atoms with Gasteiger partial charge in [0.25, 0.3) is 5.91 Å². The number of hydrogen-bond donors (Lipinski definition) is 2. The smallest absolute Gasteiger partial charge is 0.256 e. The molecule has 0 spiro atoms. The fraction of sp³-hybridized carbons (Fsp3) is 0.250. The summed E-state index contributed by atoms with van der Waals surface area (Å²) in [4.78, 5) is 44.7. The van der Waals surface area contributed by atoms with Crippen molar-refractivity contribution in [2.45, 2.75) is 37.6 Å². The van der Waals surface area contributed by atoms with Crippen LogP contribution in [-0.4, -0.2) is 69.0 Å². The normalized spacial score (nSPS) is 17.1. The standard InChI is InChI=1S/C36H36N4O4/c1-38-23-30(29-14-8-9-15-32(29)38)35(43)40-22-28(41)20-33(40)34(42)37-31(36(44)39(2)21-24-10-4-3-5-11-24)19-25-16-17-26-12-6-7-13-27(26)18-25/h3-18,23,28,31,33,41H,19-22H2,1-2H3,(H,37,42)/t28-,31-,33-/m0/s1. The quantitative estimate of drug-likeness (QED) is 0.283. The average Bonchev–Trinajstić information content (AvgIpc) is 3.60. The van der Waals surface area contributed by atoms with Gasteiger partial charge in [0.15, 0.2) is 0 Å². The Bertz CT molecular complexity index is 1830. The van der Waals surface area contributed by atoms with E-state index in [2.05, 4.69) is 5.32 Å². The van der Waals surface area contributed by atoms with Crippen LogP contribution in [0.5, 0.6) is 0 Å². The number of aromatic nitrogens is 1. The molecule has 44 heavy (non-hydrogen) atoms. The van der Waals surface area contributed by atoms with E-state index in [-0.39, 0.29) is 31.2 Å². The van der Waals surface area contributed by atoms with Gasteiger partial charge in [0.2, 0.25) is 11.8 Å². The second-order valence-electron chi connectivity index (χ2n) is 11.7. The third-order valence-electron chi connectivity index (χ3n) is 8.48. The van der Waals surface area contributed by atoms with Crippen LogP contribution in [0.15, 0.2) is 103 Å². The first-order valence-electron chi connectivity index (χ1n) is 14.9. The largest absolute Gasteiger partial charge is 0.391 e. The number of likely N-dealkylation sites (tertiary alicyclic amines) is 1. The number of amides is 3. The van der Waals surface area contributed by atoms with Crippen molar-refractivity contribution in [3.63, 3.8) is 0 Å². The molecule has 3 atom stereocenters. The lowest BCUT2D eigenvalue weighted by Gasteiger charge is -2.28. The number of nitrogens with one attached hydrogen (secondary N) is 1. The van der Waals surface area contributed by atoms with Crippen molar-refractivity contribution in [2.24, 2.45) is 7.05 Å². The number of para-hydroxylation sites is 1. The van der Waals surface area contributed by atoms with Gasteiger partial charge in [-0.15, -0.1) is 0 Å². The molecule has 0 bridgehead atoms. The van der Waals surface area contributed by atoms with Crippen LogP contribution in [0.1, 0.15) is 27.9 Å². The minimum atomic E-state index is -0.914. The number of β-amino-alcohol motifs (C(OH)–C–C–N with tert-alkyl or cyclic N) is 1. The van der Waals surface area contributed by atoms with Crippen LogP contribution in [0.25, 0.3) is 21.7 Å². The Labute approximate surface area is 256 Å². The van der Waals surface area contributed by atoms with Gasteiger partial charge in [0, 0.05) is 57.1 Å². The van der Waals surface area contributed by atoms with E-state index >= 15 is 0 Å². The highest BCUT2D eigenvalue weighted by Crippen LogP contribution is 2.27. The molecule has 2 heterocycles. The SMILES string of the molecule is CN(Cc1ccccc1)C(=O)[C@H](Cc1ccc2ccccc2c1)NC(=O)[C@@H]1C[C@H](O)CN1C(=O)c1cn(C)c2ccccc12. The summed E-state index contributed by atoms with van der Waals surface area (Å²) in [7, 11) is 3.60. The monoisotopic (exact) mass is 588 g/mol. The lowest BCUT2D eigenvalue weighted by atomic mass is 10.00. The topological polar surface area (TPSA) is 94.9 Å². The van der Waals surface area contributed by atoms with Crippen molar-refractivity contribution in [3.8, 4) is 0 Å². The van der Waals surface area contributed by atoms with E-state index in [1.54, 1.807) is 18.1 Å². The molecule has 2 N–H and O–H groups in total. The Kier molecular flexibility index (Phi) is 8.17. The van der Waals surface area contributed by atoms with Crippen molar-refractivity contribution < 1.29 is 19.5 Å². The van der Waals surface area contributed by atoms with E-state index in [1.165, 1.54) is 4.90 Å². The minimum absolute atomic E-state index is 0.0390. The van der Waals surface area contributed by atoms with E-state index in [4.69, 9.17) is 0 Å². The van der Waals surface area contributed by atoms with Crippen molar-refractivity contribution >= 4 is 39.4 Å². The highest BCUT2D eigenvalue weighted by Gasteiger charge is 2.41. The van der Waals surface area contributed by atoms with Gasteiger partial charge in [0.1, 0.15) is 12.1 Å². The van der Waals surface area contributed by atoms with Gasteiger partial charge in [-0.05, 0) is 28.0 Å². The summed E-state index contributed by atoms with van der Waals surface area (Å²) in [5, 5.41) is 16.5. The Morgan fingerprint density at radius 3 is 2.41 bits per heavy atom. The lowest BCUT2D eigenvalue weighted by Crippen LogP contribution is -2.54. The van der Waals surface area contributed by atoms with Gasteiger partial charge < -0.3 is 24.8 Å². The molecule has 4 aromatic carbocycles. The van der Waals surface area contributed by atoms with Gasteiger partial charge in [-0.1, -0.05) is 91.0 Å². The Morgan fingerprint density at radius 2 is 1.61 bits per heavy atom. The summed E-state index contributed by atoms with van der Waals surface area (Å²) in [5.41, 5.74) is 3.26. The van der Waals surface area contributed by atoms with Gasteiger partial charge in [0.05, 0.1) is 11.7 Å². The molecule has 5 aromatic rings. The zero-order chi connectivity index (χ0) is 30.8. The van der Waals surface area contributed by atoms with Crippen LogP contribution in [0.3, 0.4) is 0 Å². The average molecular weight is 589 g/mol. The maximum Gasteiger partial charge on any atom is 0.256 e. The number of likely N-dealkylation sites (N-methyl/N-ethyl adjacent to an activating group) is 1. The fourth-order valence-electron chi connectivity index (χ4n) is 6.22. The molecule has 0 aliphatic carbocycles. The molecule has 1 aliphatic rings. The highest BCUT2D eigenvalue weighted by atomic mass is 16.3. The zero-order valence-corrected chi connectivity index (χ0v) is 24.9. The summed E-state index contributed by atoms with van der Waals surface area (Å²) >= 11 is 0. The molecule has 224 valence electrons. The molecule has 0 unspecified atom stereocenters. The van der Waals surface area contributed by atoms with Gasteiger partial charge in [-0.3, -0.25) is 14.4 Å². The maximum atomic E-state index is 13.9. The lowest BCUT2D eigenvalue weighted by molar-refractivity contribution is -0.136. The van der Waals surface area contributed by atoms with Crippen LogP contribution < -0.4 is 5.32 Å². The van der Waals surface area contributed by atoms with Crippen LogP contribution in [-0.2, 0) is 29.6 Å². The maximum absolute atomic E-state index is 13.9. The molecule has 1 fully saturated rings. The third kappa shape index (κ3) is 5.94. The fourth-order valence-corrected chi connectivity index (χ4v) is 6.22. The summed E-state index contributed by atoms with van der Waals surface area (Å²) in [6, 6.07) is 29.5. The summed E-state index contributed by atoms with van der Waals surface area (Å²) in [5.74, 6) is -1.01. The second kappa shape index (κ2) is 12.3. The predicted octanol–water partition coefficient (Wildman–Crippen LogP) is 4.29. The molecule has 1 saturated heterocycles. The molecule has 1 aromatic heterocycles. The van der Waals surface area contributed by atoms with Crippen LogP contribution in [0.4, 0.5) is 0 Å². The van der Waals surface area contributed by atoms with Crippen molar-refractivity contribution in [1.29, 1.82) is 0 Å². The molecule has 0 radical (unpaired) electrons. The van der Waals surface area contributed by atoms with Gasteiger partial charge in [-0.2, -0.15) is 0 Å². The number of aliphatic hydroxyl groups excluding tert-OH is 1. The molecule has 1 aliphatic heterocycles. The van der Waals surface area contributed by atoms with Gasteiger partial charge in [-0.25, -0.2) is 0 Å². The number of benzene rings is 4. The molecule has 3 amide bonds. The van der Waals surface area contributed by atoms with E-state index < -0.39 is 24.1 Å². The molecular weight excluding hydrogens is 552 g/mol. The van der Waals surface area contributed by atoms with Crippen molar-refractivity contribution in [3.05, 3.63) is 120 Å². The number of nitrogens with zero attached hydrogens (tertiary/aromatic N) is 3. The molecule has 8 nitrogen and oxygen atoms in total. The highest BCUT2D eigenvalue weighted by molar-refractivity contribution is 6.08. The summed E-state index contributed by atoms with van der Waals surface area (Å²) < 4.78 is 1.88. The molecular formula is C36H36N4O4. The number of aliphatic hydroxyl groups is 1. The Balaban J connectivity index is 1.26. The number of carbonyl (C=O) groups excluding carboxylic acids is 3. The molecule has 6 rings (SSSR count). The van der Waals surface area contributed by atoms with E-state index in [0.717, 1.165) is 32.8 Å². The first-order chi connectivity index (χ1) is 21.3. The Hall–Kier alpha value is -4.95. The number of aryl methyl sites for hydroxylation is 1. The van der Waals surface area contributed by atoms with E-state index in [1.807, 2.05) is 109 Å². The first-order valence-corrected chi connectivity index (χ1v) is 14.9. The van der Waals surface area contributed by atoms with Crippen molar-refractivity contribution in [2.75, 3.05) is 13.6 Å². The Morgan fingerprint density at radius 1 is 0.909 bits per heavy atom. The molecule has 0 saturated carbocycles. The van der Waals surface area contributed by atoms with E-state index in [9.17, 15) is 19.5 Å². The summed E-state index contributed by atoms with van der Waals surface area (Å²) in [6.07, 6.45) is 1.29. The number of hydrogen-bond acceptors (Lipinski definition) is 4. The minimum Gasteiger partial charge on any atom is -0.391 e. The second-order valence-corrected chi connectivity index (χ2v) is 11.7. The number of carbonyl (C=O) groups is 3. The first kappa shape index (κ1) is 29.1. The van der Waals surface area contributed by atoms with Crippen LogP contribution in [0.2, 0.25) is 0 Å². The number of rotatable bonds is 8. The summed E-state index contributed by atoms with van der Waals surface area (Å²) in [6.45, 7) is 0.426. The van der Waals surface area contributed by atoms with Crippen LogP contribution >= 0.6 is 0 Å². The van der Waals surface area contributed by atoms with E-state index in [0.29, 0.717) is 12.1 Å². The van der Waals surface area contributed by atoms with Crippen molar-refractivity contribution in [1.82, 2.24) is 19.7 Å². The molecule has 8 heteroatoms. The number of fused-ring (bicyclic) bond motifs is 2. The van der Waals surface area contributed by atoms with Crippen LogP contribution in [0, 0.1) is 0 Å². The van der Waals surface area contributed by atoms with Gasteiger partial charge >= 0.3 is 0 Å². The zero-order valence-electron chi connectivity index (χ0n) is 24.9. The predicted molar refractivity (Wildman–Crippen MR) is 171 cm³/mol. The third-order valence-corrected chi connectivity index (χ3v) is 8.48.